The van der Waals surface area contributed by atoms with Crippen LogP contribution in [0.4, 0.5) is 5.69 Å². The first-order chi connectivity index (χ1) is 14.3. The molecule has 0 aliphatic heterocycles. The molecular formula is C23H17N5O. The van der Waals surface area contributed by atoms with Crippen molar-refractivity contribution in [1.29, 1.82) is 0 Å². The van der Waals surface area contributed by atoms with Gasteiger partial charge in [0.25, 0.3) is 5.91 Å². The molecular weight excluding hydrogens is 362 g/mol. The number of anilines is 1. The predicted octanol–water partition coefficient (Wildman–Crippen LogP) is 4.28. The summed E-state index contributed by atoms with van der Waals surface area (Å²) in [6, 6.07) is 21.4. The third-order valence-corrected chi connectivity index (χ3v) is 4.77. The van der Waals surface area contributed by atoms with E-state index < -0.39 is 0 Å². The molecule has 0 bridgehead atoms. The Bertz CT molecular complexity index is 1330. The molecule has 0 saturated carbocycles. The number of carbonyl (C=O) groups is 1. The zero-order valence-corrected chi connectivity index (χ0v) is 15.5. The minimum Gasteiger partial charge on any atom is -0.322 e. The summed E-state index contributed by atoms with van der Waals surface area (Å²) >= 11 is 0. The van der Waals surface area contributed by atoms with Crippen LogP contribution >= 0.6 is 0 Å². The highest BCUT2D eigenvalue weighted by molar-refractivity contribution is 6.06. The molecule has 5 aromatic rings. The number of fused-ring (bicyclic) bond motifs is 2. The Kier molecular flexibility index (Phi) is 4.22. The van der Waals surface area contributed by atoms with E-state index in [1.807, 2.05) is 59.3 Å². The third-order valence-electron chi connectivity index (χ3n) is 4.77. The summed E-state index contributed by atoms with van der Waals surface area (Å²) in [4.78, 5) is 21.5. The largest absolute Gasteiger partial charge is 0.322 e. The average Bonchev–Trinajstić information content (AvgIpc) is 3.16. The molecule has 0 spiro atoms. The molecule has 1 amide bonds. The van der Waals surface area contributed by atoms with E-state index in [0.717, 1.165) is 33.2 Å². The molecule has 3 heterocycles. The number of nitrogens with one attached hydrogen (secondary N) is 1. The topological polar surface area (TPSA) is 72.7 Å². The number of carbonyl (C=O) groups excluding carboxylic acids is 1. The van der Waals surface area contributed by atoms with Gasteiger partial charge in [0, 0.05) is 28.9 Å². The summed E-state index contributed by atoms with van der Waals surface area (Å²) < 4.78 is 1.84. The standard InChI is InChI=1S/C23H17N5O/c29-23(27-20-8-9-21-17(12-20)7-4-10-24-21)19-11-18-14-26-28(22(18)25-13-19)15-16-5-2-1-3-6-16/h1-14H,15H2,(H,27,29). The van der Waals surface area contributed by atoms with Crippen LogP contribution in [-0.2, 0) is 6.54 Å². The van der Waals surface area contributed by atoms with Crippen LogP contribution in [0.3, 0.4) is 0 Å². The third kappa shape index (κ3) is 3.43. The summed E-state index contributed by atoms with van der Waals surface area (Å²) in [6.07, 6.45) is 5.08. The first kappa shape index (κ1) is 17.1. The molecule has 0 unspecified atom stereocenters. The first-order valence-corrected chi connectivity index (χ1v) is 9.28. The Morgan fingerprint density at radius 3 is 2.69 bits per heavy atom. The average molecular weight is 379 g/mol. The number of benzene rings is 2. The van der Waals surface area contributed by atoms with Crippen LogP contribution in [0.5, 0.6) is 0 Å². The highest BCUT2D eigenvalue weighted by atomic mass is 16.1. The lowest BCUT2D eigenvalue weighted by molar-refractivity contribution is 0.102. The number of hydrogen-bond donors (Lipinski definition) is 1. The van der Waals surface area contributed by atoms with Crippen molar-refractivity contribution in [2.24, 2.45) is 0 Å². The normalized spacial score (nSPS) is 11.0. The van der Waals surface area contributed by atoms with Crippen molar-refractivity contribution >= 4 is 33.5 Å². The highest BCUT2D eigenvalue weighted by Crippen LogP contribution is 2.19. The molecule has 140 valence electrons. The van der Waals surface area contributed by atoms with Gasteiger partial charge in [0.1, 0.15) is 0 Å². The van der Waals surface area contributed by atoms with Crippen LogP contribution in [-0.4, -0.2) is 25.7 Å². The van der Waals surface area contributed by atoms with E-state index >= 15 is 0 Å². The Labute approximate surface area is 166 Å². The van der Waals surface area contributed by atoms with E-state index in [9.17, 15) is 4.79 Å². The maximum atomic E-state index is 12.7. The summed E-state index contributed by atoms with van der Waals surface area (Å²) in [5.41, 5.74) is 3.99. The predicted molar refractivity (Wildman–Crippen MR) is 113 cm³/mol. The summed E-state index contributed by atoms with van der Waals surface area (Å²) in [6.45, 7) is 0.633. The van der Waals surface area contributed by atoms with Gasteiger partial charge in [-0.25, -0.2) is 9.67 Å². The van der Waals surface area contributed by atoms with Gasteiger partial charge in [-0.1, -0.05) is 36.4 Å². The van der Waals surface area contributed by atoms with Crippen LogP contribution in [0.25, 0.3) is 21.9 Å². The molecule has 3 aromatic heterocycles. The van der Waals surface area contributed by atoms with E-state index in [-0.39, 0.29) is 5.91 Å². The van der Waals surface area contributed by atoms with Crippen molar-refractivity contribution in [2.75, 3.05) is 5.32 Å². The molecule has 1 N–H and O–H groups in total. The zero-order chi connectivity index (χ0) is 19.6. The van der Waals surface area contributed by atoms with Gasteiger partial charge in [-0.3, -0.25) is 9.78 Å². The van der Waals surface area contributed by atoms with Gasteiger partial charge in [-0.15, -0.1) is 0 Å². The van der Waals surface area contributed by atoms with E-state index in [2.05, 4.69) is 32.5 Å². The molecule has 5 rings (SSSR count). The van der Waals surface area contributed by atoms with Gasteiger partial charge in [0.2, 0.25) is 0 Å². The number of nitrogens with zero attached hydrogens (tertiary/aromatic N) is 4. The fourth-order valence-electron chi connectivity index (χ4n) is 3.32. The second-order valence-electron chi connectivity index (χ2n) is 6.79. The summed E-state index contributed by atoms with van der Waals surface area (Å²) in [5.74, 6) is -0.210. The van der Waals surface area contributed by atoms with Crippen LogP contribution in [0.2, 0.25) is 0 Å². The number of amides is 1. The smallest absolute Gasteiger partial charge is 0.257 e. The Morgan fingerprint density at radius 1 is 0.897 bits per heavy atom. The van der Waals surface area contributed by atoms with E-state index in [1.165, 1.54) is 0 Å². The van der Waals surface area contributed by atoms with E-state index in [4.69, 9.17) is 0 Å². The number of hydrogen-bond acceptors (Lipinski definition) is 4. The van der Waals surface area contributed by atoms with E-state index in [1.54, 1.807) is 18.6 Å². The molecule has 0 radical (unpaired) electrons. The summed E-state index contributed by atoms with van der Waals surface area (Å²) in [7, 11) is 0. The highest BCUT2D eigenvalue weighted by Gasteiger charge is 2.11. The molecule has 0 fully saturated rings. The van der Waals surface area contributed by atoms with Crippen molar-refractivity contribution in [3.8, 4) is 0 Å². The van der Waals surface area contributed by atoms with Gasteiger partial charge in [0.15, 0.2) is 5.65 Å². The molecule has 0 saturated heterocycles. The Morgan fingerprint density at radius 2 is 1.79 bits per heavy atom. The van der Waals surface area contributed by atoms with Gasteiger partial charge >= 0.3 is 0 Å². The molecule has 0 aliphatic rings. The molecule has 0 aliphatic carbocycles. The Balaban J connectivity index is 1.39. The fraction of sp³-hybridized carbons (Fsp3) is 0.0435. The van der Waals surface area contributed by atoms with Gasteiger partial charge in [0.05, 0.1) is 23.8 Å². The molecule has 29 heavy (non-hydrogen) atoms. The number of rotatable bonds is 4. The monoisotopic (exact) mass is 379 g/mol. The SMILES string of the molecule is O=C(Nc1ccc2ncccc2c1)c1cnc2c(cnn2Cc2ccccc2)c1. The summed E-state index contributed by atoms with van der Waals surface area (Å²) in [5, 5.41) is 9.16. The maximum absolute atomic E-state index is 12.7. The van der Waals surface area contributed by atoms with Crippen molar-refractivity contribution in [3.63, 3.8) is 0 Å². The number of aromatic nitrogens is 4. The minimum atomic E-state index is -0.210. The molecule has 2 aromatic carbocycles. The van der Waals surface area contributed by atoms with Crippen LogP contribution < -0.4 is 5.32 Å². The molecule has 0 atom stereocenters. The van der Waals surface area contributed by atoms with E-state index in [0.29, 0.717) is 12.1 Å². The van der Waals surface area contributed by atoms with Crippen molar-refractivity contribution in [1.82, 2.24) is 19.7 Å². The lowest BCUT2D eigenvalue weighted by Gasteiger charge is -2.07. The minimum absolute atomic E-state index is 0.210. The Hall–Kier alpha value is -4.06. The lowest BCUT2D eigenvalue weighted by Crippen LogP contribution is -2.12. The van der Waals surface area contributed by atoms with Crippen molar-refractivity contribution in [3.05, 3.63) is 96.4 Å². The second kappa shape index (κ2) is 7.16. The second-order valence-corrected chi connectivity index (χ2v) is 6.79. The van der Waals surface area contributed by atoms with Gasteiger partial charge < -0.3 is 5.32 Å². The van der Waals surface area contributed by atoms with Gasteiger partial charge in [-0.05, 0) is 35.9 Å². The van der Waals surface area contributed by atoms with Crippen molar-refractivity contribution < 1.29 is 4.79 Å². The maximum Gasteiger partial charge on any atom is 0.257 e. The fourth-order valence-corrected chi connectivity index (χ4v) is 3.32. The first-order valence-electron chi connectivity index (χ1n) is 9.28. The van der Waals surface area contributed by atoms with Crippen LogP contribution in [0.1, 0.15) is 15.9 Å². The van der Waals surface area contributed by atoms with Crippen LogP contribution in [0, 0.1) is 0 Å². The molecule has 6 heteroatoms. The van der Waals surface area contributed by atoms with Crippen LogP contribution in [0.15, 0.2) is 85.3 Å². The lowest BCUT2D eigenvalue weighted by atomic mass is 10.2. The van der Waals surface area contributed by atoms with Crippen molar-refractivity contribution in [2.45, 2.75) is 6.54 Å². The molecule has 6 nitrogen and oxygen atoms in total. The van der Waals surface area contributed by atoms with Gasteiger partial charge in [-0.2, -0.15) is 5.10 Å². The quantitative estimate of drug-likeness (QED) is 0.506. The zero-order valence-electron chi connectivity index (χ0n) is 15.5. The number of pyridine rings is 2.